The number of nitrogens with zero attached hydrogens (tertiary/aromatic N) is 1. The number of rotatable bonds is 2. The van der Waals surface area contributed by atoms with Crippen LogP contribution < -0.4 is 5.32 Å². The minimum absolute atomic E-state index is 0.609. The summed E-state index contributed by atoms with van der Waals surface area (Å²) in [5, 5.41) is 7.30. The van der Waals surface area contributed by atoms with Gasteiger partial charge in [0, 0.05) is 27.7 Å². The minimum atomic E-state index is -0.614. The van der Waals surface area contributed by atoms with Crippen molar-refractivity contribution in [2.45, 2.75) is 33.1 Å². The third-order valence-electron chi connectivity index (χ3n) is 4.04. The van der Waals surface area contributed by atoms with Crippen LogP contribution in [0.2, 0.25) is 5.02 Å². The number of aryl methyl sites for hydroxylation is 2. The van der Waals surface area contributed by atoms with E-state index >= 15 is 0 Å². The van der Waals surface area contributed by atoms with Crippen molar-refractivity contribution in [2.24, 2.45) is 5.16 Å². The fourth-order valence-corrected chi connectivity index (χ4v) is 2.92. The predicted molar refractivity (Wildman–Crippen MR) is 91.3 cm³/mol. The van der Waals surface area contributed by atoms with Crippen LogP contribution in [0.15, 0.2) is 29.4 Å². The monoisotopic (exact) mass is 331 g/mol. The number of nitrogens with one attached hydrogen (secondary N) is 2. The molecule has 1 aliphatic carbocycles. The molecule has 5 nitrogen and oxygen atoms in total. The van der Waals surface area contributed by atoms with Crippen molar-refractivity contribution in [3.8, 4) is 0 Å². The predicted octanol–water partition coefficient (Wildman–Crippen LogP) is 4.57. The maximum Gasteiger partial charge on any atom is 0.437 e. The second-order valence-corrected chi connectivity index (χ2v) is 6.07. The van der Waals surface area contributed by atoms with Crippen molar-refractivity contribution in [1.82, 2.24) is 4.98 Å². The van der Waals surface area contributed by atoms with Crippen LogP contribution in [0.5, 0.6) is 0 Å². The maximum atomic E-state index is 11.9. The number of fused-ring (bicyclic) bond motifs is 1. The summed E-state index contributed by atoms with van der Waals surface area (Å²) in [5.41, 5.74) is 5.99. The topological polar surface area (TPSA) is 66.5 Å². The van der Waals surface area contributed by atoms with Gasteiger partial charge in [0.1, 0.15) is 0 Å². The third kappa shape index (κ3) is 3.40. The van der Waals surface area contributed by atoms with Crippen molar-refractivity contribution in [2.75, 3.05) is 5.32 Å². The highest BCUT2D eigenvalue weighted by Gasteiger charge is 2.22. The van der Waals surface area contributed by atoms with Crippen LogP contribution in [0.25, 0.3) is 0 Å². The molecule has 0 bridgehead atoms. The number of aromatic amines is 1. The van der Waals surface area contributed by atoms with Gasteiger partial charge in [-0.2, -0.15) is 0 Å². The first-order valence-electron chi connectivity index (χ1n) is 7.53. The molecule has 0 unspecified atom stereocenters. The molecule has 0 aliphatic heterocycles. The van der Waals surface area contributed by atoms with Gasteiger partial charge < -0.3 is 4.98 Å². The Morgan fingerprint density at radius 2 is 2.00 bits per heavy atom. The molecule has 23 heavy (non-hydrogen) atoms. The molecule has 0 fully saturated rings. The molecule has 0 spiro atoms. The van der Waals surface area contributed by atoms with Crippen molar-refractivity contribution in [3.05, 3.63) is 51.8 Å². The molecule has 0 radical (unpaired) electrons. The highest BCUT2D eigenvalue weighted by atomic mass is 35.5. The Kier molecular flexibility index (Phi) is 4.39. The van der Waals surface area contributed by atoms with Crippen LogP contribution >= 0.6 is 11.6 Å². The van der Waals surface area contributed by atoms with Gasteiger partial charge in [-0.25, -0.2) is 4.79 Å². The van der Waals surface area contributed by atoms with Gasteiger partial charge in [-0.3, -0.25) is 10.2 Å². The Morgan fingerprint density at radius 3 is 2.74 bits per heavy atom. The SMILES string of the molecule is Cc1[nH]c2c(c1C)/C(=N/OC(=O)Nc1ccc(Cl)cc1)CCC2. The van der Waals surface area contributed by atoms with Crippen molar-refractivity contribution < 1.29 is 9.63 Å². The first-order chi connectivity index (χ1) is 11.0. The Bertz CT molecular complexity index is 763. The fourth-order valence-electron chi connectivity index (χ4n) is 2.79. The first-order valence-corrected chi connectivity index (χ1v) is 7.91. The zero-order valence-electron chi connectivity index (χ0n) is 13.1. The van der Waals surface area contributed by atoms with Gasteiger partial charge in [0.2, 0.25) is 0 Å². The minimum Gasteiger partial charge on any atom is -0.362 e. The lowest BCUT2D eigenvalue weighted by molar-refractivity contribution is 0.166. The summed E-state index contributed by atoms with van der Waals surface area (Å²) in [5.74, 6) is 0. The molecule has 2 aromatic rings. The van der Waals surface area contributed by atoms with E-state index in [2.05, 4.69) is 22.4 Å². The normalized spacial score (nSPS) is 15.3. The van der Waals surface area contributed by atoms with Gasteiger partial charge >= 0.3 is 6.09 Å². The van der Waals surface area contributed by atoms with Crippen LogP contribution in [0, 0.1) is 13.8 Å². The number of carbonyl (C=O) groups is 1. The van der Waals surface area contributed by atoms with E-state index in [9.17, 15) is 4.79 Å². The summed E-state index contributed by atoms with van der Waals surface area (Å²) in [7, 11) is 0. The number of halogens is 1. The lowest BCUT2D eigenvalue weighted by atomic mass is 9.93. The number of benzene rings is 1. The van der Waals surface area contributed by atoms with E-state index < -0.39 is 6.09 Å². The van der Waals surface area contributed by atoms with Crippen LogP contribution in [0.4, 0.5) is 10.5 Å². The van der Waals surface area contributed by atoms with Gasteiger partial charge in [-0.05, 0) is 62.9 Å². The summed E-state index contributed by atoms with van der Waals surface area (Å²) < 4.78 is 0. The molecule has 1 aromatic carbocycles. The Hall–Kier alpha value is -2.27. The van der Waals surface area contributed by atoms with Gasteiger partial charge in [0.15, 0.2) is 0 Å². The number of hydrogen-bond donors (Lipinski definition) is 2. The van der Waals surface area contributed by atoms with E-state index in [1.54, 1.807) is 24.3 Å². The van der Waals surface area contributed by atoms with Gasteiger partial charge in [0.05, 0.1) is 5.71 Å². The van der Waals surface area contributed by atoms with E-state index in [0.717, 1.165) is 36.2 Å². The van der Waals surface area contributed by atoms with Gasteiger partial charge in [-0.1, -0.05) is 16.8 Å². The third-order valence-corrected chi connectivity index (χ3v) is 4.29. The van der Waals surface area contributed by atoms with Crippen LogP contribution in [0.1, 0.15) is 35.4 Å². The van der Waals surface area contributed by atoms with Gasteiger partial charge in [-0.15, -0.1) is 0 Å². The molecule has 120 valence electrons. The van der Waals surface area contributed by atoms with E-state index in [1.165, 1.54) is 11.3 Å². The first kappa shape index (κ1) is 15.6. The number of anilines is 1. The number of aromatic nitrogens is 1. The maximum absolute atomic E-state index is 11.9. The number of amides is 1. The highest BCUT2D eigenvalue weighted by molar-refractivity contribution is 6.30. The number of hydrogen-bond acceptors (Lipinski definition) is 3. The van der Waals surface area contributed by atoms with Crippen molar-refractivity contribution in [3.63, 3.8) is 0 Å². The Morgan fingerprint density at radius 1 is 1.26 bits per heavy atom. The molecular weight excluding hydrogens is 314 g/mol. The quantitative estimate of drug-likeness (QED) is 0.625. The van der Waals surface area contributed by atoms with Crippen LogP contribution in [-0.4, -0.2) is 16.8 Å². The summed E-state index contributed by atoms with van der Waals surface area (Å²) in [6.45, 7) is 4.10. The molecule has 1 heterocycles. The zero-order valence-corrected chi connectivity index (χ0v) is 13.8. The van der Waals surface area contributed by atoms with E-state index in [-0.39, 0.29) is 0 Å². The summed E-state index contributed by atoms with van der Waals surface area (Å²) in [6, 6.07) is 6.80. The lowest BCUT2D eigenvalue weighted by Gasteiger charge is -2.14. The number of carbonyl (C=O) groups excluding carboxylic acids is 1. The second-order valence-electron chi connectivity index (χ2n) is 5.63. The highest BCUT2D eigenvalue weighted by Crippen LogP contribution is 2.26. The summed E-state index contributed by atoms with van der Waals surface area (Å²) >= 11 is 5.81. The Labute approximate surface area is 139 Å². The second kappa shape index (κ2) is 6.46. The lowest BCUT2D eigenvalue weighted by Crippen LogP contribution is -2.16. The molecule has 1 aromatic heterocycles. The molecule has 1 amide bonds. The molecule has 6 heteroatoms. The van der Waals surface area contributed by atoms with Crippen molar-refractivity contribution >= 4 is 29.1 Å². The molecule has 3 rings (SSSR count). The van der Waals surface area contributed by atoms with Crippen molar-refractivity contribution in [1.29, 1.82) is 0 Å². The Balaban J connectivity index is 1.71. The number of oxime groups is 1. The van der Waals surface area contributed by atoms with E-state index in [1.807, 2.05) is 6.92 Å². The van der Waals surface area contributed by atoms with E-state index in [0.29, 0.717) is 10.7 Å². The smallest absolute Gasteiger partial charge is 0.362 e. The molecule has 1 aliphatic rings. The summed E-state index contributed by atoms with van der Waals surface area (Å²) in [6.07, 6.45) is 2.18. The molecular formula is C17H18ClN3O2. The fraction of sp³-hybridized carbons (Fsp3) is 0.294. The molecule has 2 N–H and O–H groups in total. The van der Waals surface area contributed by atoms with Crippen LogP contribution in [0.3, 0.4) is 0 Å². The largest absolute Gasteiger partial charge is 0.437 e. The molecule has 0 atom stereocenters. The van der Waals surface area contributed by atoms with E-state index in [4.69, 9.17) is 16.4 Å². The summed E-state index contributed by atoms with van der Waals surface area (Å²) in [4.78, 5) is 20.3. The molecule has 0 saturated heterocycles. The van der Waals surface area contributed by atoms with Gasteiger partial charge in [0.25, 0.3) is 0 Å². The average molecular weight is 332 g/mol. The van der Waals surface area contributed by atoms with Crippen LogP contribution in [-0.2, 0) is 11.3 Å². The average Bonchev–Trinajstić information content (AvgIpc) is 2.83. The zero-order chi connectivity index (χ0) is 16.4. The standard InChI is InChI=1S/C17H18ClN3O2/c1-10-11(2)19-14-4-3-5-15(16(10)14)21-23-17(22)20-13-8-6-12(18)7-9-13/h6-9,19H,3-5H2,1-2H3,(H,20,22)/b21-15+. The number of H-pyrrole nitrogens is 1. The molecule has 0 saturated carbocycles.